The van der Waals surface area contributed by atoms with Crippen molar-refractivity contribution >= 4 is 11.6 Å². The summed E-state index contributed by atoms with van der Waals surface area (Å²) in [5, 5.41) is 4.49. The smallest absolute Gasteiger partial charge is 0.180 e. The van der Waals surface area contributed by atoms with Crippen LogP contribution in [0.4, 0.5) is 0 Å². The Labute approximate surface area is 197 Å². The van der Waals surface area contributed by atoms with Crippen molar-refractivity contribution in [2.24, 2.45) is 23.2 Å². The maximum absolute atomic E-state index is 6.68. The Kier molecular flexibility index (Phi) is 6.40. The number of ether oxygens (including phenoxy) is 2. The molecule has 6 rings (SSSR count). The normalized spacial score (nSPS) is 29.2. The molecule has 0 aliphatic heterocycles. The van der Waals surface area contributed by atoms with Crippen LogP contribution in [0.2, 0.25) is 5.02 Å². The molecule has 172 valence electrons. The molecule has 4 heteroatoms. The van der Waals surface area contributed by atoms with Crippen molar-refractivity contribution in [3.63, 3.8) is 0 Å². The van der Waals surface area contributed by atoms with Gasteiger partial charge in [-0.05, 0) is 98.8 Å². The standard InChI is InChI=1S/C28H36ClNO2/c1-3-31-26-13-24(12-25(29)27(26)32-18-20-7-5-4-6-8-20)17-30-19(2)28-14-21-9-22(15-28)11-23(10-21)16-28/h4-8,12-13,19,21-23,30H,3,9-11,14-18H2,1-2H3/t19-,21?,22?,23?,28?/m0/s1. The minimum absolute atomic E-state index is 0.473. The average molecular weight is 454 g/mol. The van der Waals surface area contributed by atoms with Gasteiger partial charge in [0.2, 0.25) is 0 Å². The fourth-order valence-corrected chi connectivity index (χ4v) is 7.34. The van der Waals surface area contributed by atoms with E-state index in [0.29, 0.717) is 35.4 Å². The number of rotatable bonds is 9. The van der Waals surface area contributed by atoms with Crippen LogP contribution in [-0.4, -0.2) is 12.6 Å². The predicted octanol–water partition coefficient (Wildman–Crippen LogP) is 7.01. The molecule has 4 aliphatic carbocycles. The van der Waals surface area contributed by atoms with Gasteiger partial charge < -0.3 is 14.8 Å². The summed E-state index contributed by atoms with van der Waals surface area (Å²) in [6.45, 7) is 6.27. The Morgan fingerprint density at radius 2 is 1.62 bits per heavy atom. The summed E-state index contributed by atoms with van der Waals surface area (Å²) < 4.78 is 12.0. The Morgan fingerprint density at radius 3 is 2.25 bits per heavy atom. The second kappa shape index (κ2) is 9.27. The quantitative estimate of drug-likeness (QED) is 0.442. The van der Waals surface area contributed by atoms with Crippen LogP contribution < -0.4 is 14.8 Å². The molecule has 0 radical (unpaired) electrons. The lowest BCUT2D eigenvalue weighted by atomic mass is 9.48. The lowest BCUT2D eigenvalue weighted by Gasteiger charge is -2.59. The first-order valence-electron chi connectivity index (χ1n) is 12.4. The molecular weight excluding hydrogens is 418 g/mol. The molecule has 32 heavy (non-hydrogen) atoms. The fourth-order valence-electron chi connectivity index (χ4n) is 7.05. The maximum Gasteiger partial charge on any atom is 0.180 e. The van der Waals surface area contributed by atoms with Crippen LogP contribution in [0.1, 0.15) is 63.5 Å². The van der Waals surface area contributed by atoms with E-state index in [-0.39, 0.29) is 0 Å². The molecule has 0 unspecified atom stereocenters. The number of nitrogens with one attached hydrogen (secondary N) is 1. The topological polar surface area (TPSA) is 30.5 Å². The van der Waals surface area contributed by atoms with Crippen molar-refractivity contribution in [2.45, 2.75) is 71.6 Å². The molecule has 4 fully saturated rings. The molecule has 4 aliphatic rings. The monoisotopic (exact) mass is 453 g/mol. The van der Waals surface area contributed by atoms with Crippen molar-refractivity contribution < 1.29 is 9.47 Å². The number of hydrogen-bond donors (Lipinski definition) is 1. The van der Waals surface area contributed by atoms with Gasteiger partial charge in [0.05, 0.1) is 11.6 Å². The molecule has 0 heterocycles. The third-order valence-electron chi connectivity index (χ3n) is 8.21. The fraction of sp³-hybridized carbons (Fsp3) is 0.571. The molecule has 0 spiro atoms. The molecule has 0 saturated heterocycles. The van der Waals surface area contributed by atoms with Crippen molar-refractivity contribution in [3.05, 3.63) is 58.6 Å². The predicted molar refractivity (Wildman–Crippen MR) is 130 cm³/mol. The van der Waals surface area contributed by atoms with E-state index >= 15 is 0 Å². The van der Waals surface area contributed by atoms with Crippen LogP contribution in [0.3, 0.4) is 0 Å². The minimum Gasteiger partial charge on any atom is -0.490 e. The van der Waals surface area contributed by atoms with Gasteiger partial charge in [-0.2, -0.15) is 0 Å². The van der Waals surface area contributed by atoms with E-state index in [1.807, 2.05) is 31.2 Å². The molecule has 0 amide bonds. The highest BCUT2D eigenvalue weighted by molar-refractivity contribution is 6.32. The highest BCUT2D eigenvalue weighted by Gasteiger charge is 2.52. The Morgan fingerprint density at radius 1 is 0.969 bits per heavy atom. The van der Waals surface area contributed by atoms with Crippen LogP contribution in [0.25, 0.3) is 0 Å². The van der Waals surface area contributed by atoms with Gasteiger partial charge in [-0.1, -0.05) is 41.9 Å². The van der Waals surface area contributed by atoms with Gasteiger partial charge in [0.1, 0.15) is 6.61 Å². The van der Waals surface area contributed by atoms with Gasteiger partial charge in [-0.25, -0.2) is 0 Å². The third-order valence-corrected chi connectivity index (χ3v) is 8.49. The number of halogens is 1. The summed E-state index contributed by atoms with van der Waals surface area (Å²) in [5.74, 6) is 4.30. The largest absolute Gasteiger partial charge is 0.490 e. The molecular formula is C28H36ClNO2. The molecule has 4 saturated carbocycles. The van der Waals surface area contributed by atoms with Crippen LogP contribution in [-0.2, 0) is 13.2 Å². The van der Waals surface area contributed by atoms with Crippen LogP contribution in [0.5, 0.6) is 11.5 Å². The molecule has 2 aromatic carbocycles. The summed E-state index contributed by atoms with van der Waals surface area (Å²) in [6, 6.07) is 14.8. The van der Waals surface area contributed by atoms with Gasteiger partial charge in [0.25, 0.3) is 0 Å². The molecule has 3 nitrogen and oxygen atoms in total. The SMILES string of the molecule is CCOc1cc(CN[C@@H](C)C23CC4CC(CC(C4)C2)C3)cc(Cl)c1OCc1ccccc1. The Hall–Kier alpha value is -1.71. The van der Waals surface area contributed by atoms with E-state index in [4.69, 9.17) is 21.1 Å². The van der Waals surface area contributed by atoms with E-state index in [2.05, 4.69) is 30.4 Å². The third kappa shape index (κ3) is 4.52. The first kappa shape index (κ1) is 22.1. The second-order valence-corrected chi connectivity index (χ2v) is 10.9. The Bertz CT molecular complexity index is 893. The van der Waals surface area contributed by atoms with Crippen LogP contribution >= 0.6 is 11.6 Å². The van der Waals surface area contributed by atoms with E-state index in [1.54, 1.807) is 0 Å². The first-order valence-corrected chi connectivity index (χ1v) is 12.8. The number of benzene rings is 2. The van der Waals surface area contributed by atoms with Gasteiger partial charge in [-0.3, -0.25) is 0 Å². The lowest BCUT2D eigenvalue weighted by Crippen LogP contribution is -2.54. The molecule has 1 N–H and O–H groups in total. The summed E-state index contributed by atoms with van der Waals surface area (Å²) in [6.07, 6.45) is 8.73. The van der Waals surface area contributed by atoms with Gasteiger partial charge in [0, 0.05) is 12.6 Å². The average Bonchev–Trinajstić information content (AvgIpc) is 2.77. The van der Waals surface area contributed by atoms with Crippen LogP contribution in [0, 0.1) is 23.2 Å². The summed E-state index contributed by atoms with van der Waals surface area (Å²) in [4.78, 5) is 0. The van der Waals surface area contributed by atoms with E-state index in [9.17, 15) is 0 Å². The highest BCUT2D eigenvalue weighted by Crippen LogP contribution is 2.61. The molecule has 1 atom stereocenters. The highest BCUT2D eigenvalue weighted by atomic mass is 35.5. The minimum atomic E-state index is 0.473. The second-order valence-electron chi connectivity index (χ2n) is 10.5. The molecule has 2 aromatic rings. The van der Waals surface area contributed by atoms with Crippen molar-refractivity contribution in [2.75, 3.05) is 6.61 Å². The van der Waals surface area contributed by atoms with Gasteiger partial charge in [-0.15, -0.1) is 0 Å². The van der Waals surface area contributed by atoms with E-state index in [1.165, 1.54) is 38.5 Å². The van der Waals surface area contributed by atoms with Gasteiger partial charge in [0.15, 0.2) is 11.5 Å². The molecule has 0 aromatic heterocycles. The zero-order chi connectivity index (χ0) is 22.1. The zero-order valence-electron chi connectivity index (χ0n) is 19.4. The summed E-state index contributed by atoms with van der Waals surface area (Å²) in [7, 11) is 0. The Balaban J connectivity index is 1.26. The first-order chi connectivity index (χ1) is 15.5. The molecule has 4 bridgehead atoms. The van der Waals surface area contributed by atoms with Crippen molar-refractivity contribution in [1.29, 1.82) is 0 Å². The summed E-state index contributed by atoms with van der Waals surface area (Å²) in [5.41, 5.74) is 2.77. The van der Waals surface area contributed by atoms with E-state index in [0.717, 1.165) is 41.2 Å². The summed E-state index contributed by atoms with van der Waals surface area (Å²) >= 11 is 6.68. The lowest BCUT2D eigenvalue weighted by molar-refractivity contribution is -0.0706. The van der Waals surface area contributed by atoms with Gasteiger partial charge >= 0.3 is 0 Å². The van der Waals surface area contributed by atoms with Crippen molar-refractivity contribution in [1.82, 2.24) is 5.32 Å². The zero-order valence-corrected chi connectivity index (χ0v) is 20.2. The number of hydrogen-bond acceptors (Lipinski definition) is 3. The van der Waals surface area contributed by atoms with E-state index < -0.39 is 0 Å². The van der Waals surface area contributed by atoms with Crippen LogP contribution in [0.15, 0.2) is 42.5 Å². The van der Waals surface area contributed by atoms with Crippen molar-refractivity contribution in [3.8, 4) is 11.5 Å². The maximum atomic E-state index is 6.68.